The third-order valence-electron chi connectivity index (χ3n) is 4.20. The molecule has 0 saturated carbocycles. The number of hydrogen-bond acceptors (Lipinski definition) is 4. The number of allylic oxidation sites excluding steroid dienone is 1. The Morgan fingerprint density at radius 3 is 2.52 bits per heavy atom. The van der Waals surface area contributed by atoms with E-state index >= 15 is 0 Å². The molecule has 2 aromatic rings. The van der Waals surface area contributed by atoms with Crippen LogP contribution in [0.25, 0.3) is 17.5 Å². The summed E-state index contributed by atoms with van der Waals surface area (Å²) < 4.78 is 24.5. The van der Waals surface area contributed by atoms with Crippen molar-refractivity contribution in [3.63, 3.8) is 0 Å². The molecule has 2 heterocycles. The van der Waals surface area contributed by atoms with Gasteiger partial charge in [-0.25, -0.2) is 9.37 Å². The van der Waals surface area contributed by atoms with Gasteiger partial charge in [0.1, 0.15) is 12.4 Å². The minimum atomic E-state index is -0.953. The smallest absolute Gasteiger partial charge is 0.227 e. The molecule has 0 aliphatic heterocycles. The second-order valence-electron chi connectivity index (χ2n) is 5.72. The monoisotopic (exact) mass is 318 g/mol. The number of pyridine rings is 1. The van der Waals surface area contributed by atoms with Crippen LogP contribution in [0.5, 0.6) is 0 Å². The molecule has 0 spiro atoms. The van der Waals surface area contributed by atoms with Crippen LogP contribution in [0.2, 0.25) is 0 Å². The highest BCUT2D eigenvalue weighted by Crippen LogP contribution is 2.25. The van der Waals surface area contributed by atoms with Gasteiger partial charge in [0.25, 0.3) is 0 Å². The first-order valence-electron chi connectivity index (χ1n) is 7.74. The van der Waals surface area contributed by atoms with Crippen molar-refractivity contribution in [1.82, 2.24) is 9.97 Å². The number of aromatic nitrogens is 2. The van der Waals surface area contributed by atoms with E-state index in [9.17, 15) is 4.39 Å². The molecule has 0 bridgehead atoms. The van der Waals surface area contributed by atoms with Crippen LogP contribution in [0, 0.1) is 11.8 Å². The Morgan fingerprint density at radius 1 is 1.22 bits per heavy atom. The Labute approximate surface area is 136 Å². The van der Waals surface area contributed by atoms with E-state index in [-0.39, 0.29) is 17.9 Å². The summed E-state index contributed by atoms with van der Waals surface area (Å²) in [6.45, 7) is 5.53. The quantitative estimate of drug-likeness (QED) is 0.759. The van der Waals surface area contributed by atoms with Crippen molar-refractivity contribution >= 4 is 6.08 Å². The number of oxazole rings is 1. The number of methoxy groups -OCH3 is 1. The van der Waals surface area contributed by atoms with E-state index in [0.29, 0.717) is 5.89 Å². The molecule has 124 valence electrons. The lowest BCUT2D eigenvalue weighted by molar-refractivity contribution is 0.0419. The standard InChI is InChI=1S/C18H23FN2O2/c1-12(14(3)22-4)17(13(2)19)8-7-16-6-5-15(11-21-16)18-20-9-10-23-18/h5-14,17H,1-4H3/b8-7+. The van der Waals surface area contributed by atoms with Crippen LogP contribution in [0.15, 0.2) is 41.3 Å². The van der Waals surface area contributed by atoms with E-state index in [1.165, 1.54) is 6.26 Å². The summed E-state index contributed by atoms with van der Waals surface area (Å²) in [7, 11) is 1.65. The first-order chi connectivity index (χ1) is 11.0. The molecular weight excluding hydrogens is 295 g/mol. The van der Waals surface area contributed by atoms with Gasteiger partial charge in [0, 0.05) is 19.2 Å². The van der Waals surface area contributed by atoms with E-state index in [2.05, 4.69) is 9.97 Å². The highest BCUT2D eigenvalue weighted by Gasteiger charge is 2.25. The number of halogens is 1. The van der Waals surface area contributed by atoms with Crippen molar-refractivity contribution in [3.05, 3.63) is 42.6 Å². The number of hydrogen-bond donors (Lipinski definition) is 0. The Kier molecular flexibility index (Phi) is 6.04. The largest absolute Gasteiger partial charge is 0.444 e. The van der Waals surface area contributed by atoms with Gasteiger partial charge in [0.15, 0.2) is 0 Å². The molecule has 4 atom stereocenters. The van der Waals surface area contributed by atoms with Gasteiger partial charge >= 0.3 is 0 Å². The van der Waals surface area contributed by atoms with Gasteiger partial charge in [0.2, 0.25) is 5.89 Å². The zero-order valence-electron chi connectivity index (χ0n) is 13.9. The van der Waals surface area contributed by atoms with Crippen LogP contribution in [0.4, 0.5) is 4.39 Å². The number of ether oxygens (including phenoxy) is 1. The van der Waals surface area contributed by atoms with Crippen LogP contribution >= 0.6 is 0 Å². The van der Waals surface area contributed by atoms with Crippen molar-refractivity contribution < 1.29 is 13.5 Å². The molecule has 0 fully saturated rings. The SMILES string of the molecule is COC(C)C(C)C(/C=C/c1ccc(-c2ncco2)cn1)C(C)F. The summed E-state index contributed by atoms with van der Waals surface area (Å²) in [5, 5.41) is 0. The van der Waals surface area contributed by atoms with E-state index in [0.717, 1.165) is 11.3 Å². The molecule has 4 unspecified atom stereocenters. The predicted molar refractivity (Wildman–Crippen MR) is 88.5 cm³/mol. The maximum absolute atomic E-state index is 13.9. The number of alkyl halides is 1. The summed E-state index contributed by atoms with van der Waals surface area (Å²) in [5.74, 6) is 0.381. The van der Waals surface area contributed by atoms with Crippen LogP contribution < -0.4 is 0 Å². The minimum Gasteiger partial charge on any atom is -0.444 e. The summed E-state index contributed by atoms with van der Waals surface area (Å²) in [4.78, 5) is 8.43. The predicted octanol–water partition coefficient (Wildman–Crippen LogP) is 4.40. The molecule has 5 heteroatoms. The van der Waals surface area contributed by atoms with Crippen LogP contribution in [-0.2, 0) is 4.74 Å². The normalized spacial score (nSPS) is 17.1. The highest BCUT2D eigenvalue weighted by molar-refractivity contribution is 5.54. The molecular formula is C18H23FN2O2. The molecule has 23 heavy (non-hydrogen) atoms. The third kappa shape index (κ3) is 4.48. The molecule has 2 rings (SSSR count). The topological polar surface area (TPSA) is 48.2 Å². The van der Waals surface area contributed by atoms with E-state index in [4.69, 9.17) is 9.15 Å². The maximum Gasteiger partial charge on any atom is 0.227 e. The van der Waals surface area contributed by atoms with Crippen LogP contribution in [0.3, 0.4) is 0 Å². The second kappa shape index (κ2) is 8.02. The summed E-state index contributed by atoms with van der Waals surface area (Å²) >= 11 is 0. The second-order valence-corrected chi connectivity index (χ2v) is 5.72. The van der Waals surface area contributed by atoms with Gasteiger partial charge in [-0.15, -0.1) is 0 Å². The molecule has 0 amide bonds. The van der Waals surface area contributed by atoms with Gasteiger partial charge in [-0.3, -0.25) is 4.98 Å². The van der Waals surface area contributed by atoms with Crippen LogP contribution in [-0.4, -0.2) is 29.4 Å². The summed E-state index contributed by atoms with van der Waals surface area (Å²) in [6, 6.07) is 3.74. The highest BCUT2D eigenvalue weighted by atomic mass is 19.1. The van der Waals surface area contributed by atoms with Crippen molar-refractivity contribution in [3.8, 4) is 11.5 Å². The Bertz CT molecular complexity index is 608. The molecule has 0 saturated heterocycles. The lowest BCUT2D eigenvalue weighted by Gasteiger charge is -2.26. The first kappa shape index (κ1) is 17.3. The molecule has 0 N–H and O–H groups in total. The first-order valence-corrected chi connectivity index (χ1v) is 7.74. The van der Waals surface area contributed by atoms with Crippen molar-refractivity contribution in [2.45, 2.75) is 33.0 Å². The molecule has 4 nitrogen and oxygen atoms in total. The van der Waals surface area contributed by atoms with Gasteiger partial charge < -0.3 is 9.15 Å². The lowest BCUT2D eigenvalue weighted by atomic mass is 9.86. The zero-order valence-corrected chi connectivity index (χ0v) is 13.9. The Balaban J connectivity index is 2.10. The van der Waals surface area contributed by atoms with Gasteiger partial charge in [0.05, 0.1) is 23.6 Å². The maximum atomic E-state index is 13.9. The summed E-state index contributed by atoms with van der Waals surface area (Å²) in [5.41, 5.74) is 1.58. The van der Waals surface area contributed by atoms with E-state index < -0.39 is 6.17 Å². The fourth-order valence-corrected chi connectivity index (χ4v) is 2.48. The fraction of sp³-hybridized carbons (Fsp3) is 0.444. The average molecular weight is 318 g/mol. The zero-order chi connectivity index (χ0) is 16.8. The Hall–Kier alpha value is -2.01. The van der Waals surface area contributed by atoms with Gasteiger partial charge in [-0.2, -0.15) is 0 Å². The molecule has 0 aliphatic carbocycles. The minimum absolute atomic E-state index is 0.0109. The number of rotatable bonds is 7. The molecule has 0 aromatic carbocycles. The van der Waals surface area contributed by atoms with Crippen LogP contribution in [0.1, 0.15) is 26.5 Å². The van der Waals surface area contributed by atoms with E-state index in [1.54, 1.807) is 26.4 Å². The summed E-state index contributed by atoms with van der Waals surface area (Å²) in [6.07, 6.45) is 7.56. The fourth-order valence-electron chi connectivity index (χ4n) is 2.48. The number of nitrogens with zero attached hydrogens (tertiary/aromatic N) is 2. The van der Waals surface area contributed by atoms with Gasteiger partial charge in [-0.05, 0) is 38.0 Å². The molecule has 2 aromatic heterocycles. The molecule has 0 aliphatic rings. The third-order valence-corrected chi connectivity index (χ3v) is 4.20. The Morgan fingerprint density at radius 2 is 2.00 bits per heavy atom. The average Bonchev–Trinajstić information content (AvgIpc) is 3.08. The van der Waals surface area contributed by atoms with Crippen molar-refractivity contribution in [2.75, 3.05) is 7.11 Å². The van der Waals surface area contributed by atoms with E-state index in [1.807, 2.05) is 38.1 Å². The molecule has 0 radical (unpaired) electrons. The van der Waals surface area contributed by atoms with Crippen molar-refractivity contribution in [1.29, 1.82) is 0 Å². The van der Waals surface area contributed by atoms with Gasteiger partial charge in [-0.1, -0.05) is 13.0 Å². The lowest BCUT2D eigenvalue weighted by Crippen LogP contribution is -2.28. The van der Waals surface area contributed by atoms with Crippen molar-refractivity contribution in [2.24, 2.45) is 11.8 Å².